The molecule has 4 nitrogen and oxygen atoms in total. The molecule has 0 unspecified atom stereocenters. The Hall–Kier alpha value is -3.12. The van der Waals surface area contributed by atoms with Gasteiger partial charge in [0.25, 0.3) is 0 Å². The lowest BCUT2D eigenvalue weighted by Gasteiger charge is -2.15. The molecule has 8 rings (SSSR count). The number of hydrogen-bond acceptors (Lipinski definition) is 10. The predicted octanol–water partition coefficient (Wildman–Crippen LogP) is 16.7. The zero-order valence-corrected chi connectivity index (χ0v) is 37.5. The molecule has 56 heavy (non-hydrogen) atoms. The fraction of sp³-hybridized carbons (Fsp3) is 0.391. The smallest absolute Gasteiger partial charge is 0.114 e. The molecule has 0 amide bonds. The van der Waals surface area contributed by atoms with E-state index in [-0.39, 0.29) is 0 Å². The van der Waals surface area contributed by atoms with E-state index in [1.807, 2.05) is 45.3 Å². The fourth-order valence-electron chi connectivity index (χ4n) is 7.75. The standard InChI is InChI=1S/C46H50N4S6/c1-4-7-10-11-12-15-31-18-24-39(51-31)41-28-26-37(53-41)35-22-20-33(43-45(35)49-55-47-43)34-21-23-36(46-44(34)48-56-50-46)38-27-29-42(54-38)40-25-19-32(52-40)17-16-30(13-8-5-2)14-9-6-3/h18-30H,4-17H2,1-3H3. The lowest BCUT2D eigenvalue weighted by molar-refractivity contribution is 0.395. The summed E-state index contributed by atoms with van der Waals surface area (Å²) in [5.74, 6) is 0.862. The van der Waals surface area contributed by atoms with Gasteiger partial charge in [0.05, 0.1) is 23.5 Å². The zero-order chi connectivity index (χ0) is 38.3. The van der Waals surface area contributed by atoms with E-state index >= 15 is 0 Å². The summed E-state index contributed by atoms with van der Waals surface area (Å²) in [4.78, 5) is 10.8. The second-order valence-electron chi connectivity index (χ2n) is 15.0. The molecule has 0 aliphatic carbocycles. The Kier molecular flexibility index (Phi) is 13.5. The van der Waals surface area contributed by atoms with Crippen molar-refractivity contribution in [1.29, 1.82) is 0 Å². The number of hydrogen-bond donors (Lipinski definition) is 0. The summed E-state index contributed by atoms with van der Waals surface area (Å²) >= 11 is 10.2. The Morgan fingerprint density at radius 1 is 0.375 bits per heavy atom. The molecule has 0 bridgehead atoms. The summed E-state index contributed by atoms with van der Waals surface area (Å²) in [6.07, 6.45) is 18.4. The van der Waals surface area contributed by atoms with Crippen LogP contribution in [0.4, 0.5) is 0 Å². The van der Waals surface area contributed by atoms with E-state index in [0.29, 0.717) is 0 Å². The molecule has 0 aliphatic heterocycles. The van der Waals surface area contributed by atoms with Crippen LogP contribution < -0.4 is 0 Å². The van der Waals surface area contributed by atoms with Gasteiger partial charge in [-0.3, -0.25) is 0 Å². The van der Waals surface area contributed by atoms with Crippen LogP contribution in [0.25, 0.3) is 73.6 Å². The summed E-state index contributed by atoms with van der Waals surface area (Å²) in [5, 5.41) is 0. The number of thiophene rings is 4. The van der Waals surface area contributed by atoms with Gasteiger partial charge in [-0.15, -0.1) is 45.3 Å². The van der Waals surface area contributed by atoms with Crippen molar-refractivity contribution in [1.82, 2.24) is 17.5 Å². The molecule has 0 atom stereocenters. The van der Waals surface area contributed by atoms with Crippen LogP contribution in [0.5, 0.6) is 0 Å². The van der Waals surface area contributed by atoms with Crippen LogP contribution in [0.3, 0.4) is 0 Å². The number of aromatic nitrogens is 4. The van der Waals surface area contributed by atoms with Crippen molar-refractivity contribution in [3.63, 3.8) is 0 Å². The van der Waals surface area contributed by atoms with Gasteiger partial charge in [-0.1, -0.05) is 109 Å². The Balaban J connectivity index is 0.994. The number of nitrogens with zero attached hydrogens (tertiary/aromatic N) is 4. The minimum atomic E-state index is 0.862. The highest BCUT2D eigenvalue weighted by Gasteiger charge is 2.21. The van der Waals surface area contributed by atoms with Gasteiger partial charge in [-0.25, -0.2) is 0 Å². The van der Waals surface area contributed by atoms with E-state index in [0.717, 1.165) is 50.2 Å². The molecule has 0 radical (unpaired) electrons. The molecule has 8 aromatic rings. The lowest BCUT2D eigenvalue weighted by atomic mass is 9.91. The van der Waals surface area contributed by atoms with Gasteiger partial charge in [0, 0.05) is 61.3 Å². The second kappa shape index (κ2) is 19.1. The fourth-order valence-corrected chi connectivity index (χ4v) is 13.2. The summed E-state index contributed by atoms with van der Waals surface area (Å²) in [6.45, 7) is 6.91. The van der Waals surface area contributed by atoms with Crippen LogP contribution in [0.1, 0.15) is 108 Å². The van der Waals surface area contributed by atoms with Crippen molar-refractivity contribution in [3.05, 3.63) is 82.6 Å². The number of unbranched alkanes of at least 4 members (excludes halogenated alkanes) is 6. The summed E-state index contributed by atoms with van der Waals surface area (Å²) in [5.41, 5.74) is 8.18. The van der Waals surface area contributed by atoms with Crippen molar-refractivity contribution in [2.24, 2.45) is 5.92 Å². The Bertz CT molecular complexity index is 2460. The molecule has 0 N–H and O–H groups in total. The first-order chi connectivity index (χ1) is 27.6. The van der Waals surface area contributed by atoms with Gasteiger partial charge in [0.1, 0.15) is 22.1 Å². The predicted molar refractivity (Wildman–Crippen MR) is 250 cm³/mol. The quantitative estimate of drug-likeness (QED) is 0.0717. The number of fused-ring (bicyclic) bond motifs is 2. The number of benzene rings is 2. The SMILES string of the molecule is CCCCCCCc1ccc(-c2ccc(-c3ccc(-c4ccc(-c5ccc(-c6ccc(CCC(CCCC)CCCC)s6)s5)c5nsnc45)c4nsnc34)s2)s1. The Labute approximate surface area is 356 Å². The molecule has 0 saturated carbocycles. The van der Waals surface area contributed by atoms with Crippen LogP contribution in [0, 0.1) is 5.92 Å². The Morgan fingerprint density at radius 2 is 0.786 bits per heavy atom. The molecular weight excluding hydrogens is 801 g/mol. The summed E-state index contributed by atoms with van der Waals surface area (Å²) < 4.78 is 19.4. The average molecular weight is 851 g/mol. The highest BCUT2D eigenvalue weighted by Crippen LogP contribution is 2.45. The van der Waals surface area contributed by atoms with Gasteiger partial charge in [0.15, 0.2) is 0 Å². The largest absolute Gasteiger partial charge is 0.172 e. The first-order valence-electron chi connectivity index (χ1n) is 20.5. The second-order valence-corrected chi connectivity index (χ2v) is 20.5. The van der Waals surface area contributed by atoms with Gasteiger partial charge in [-0.05, 0) is 80.1 Å². The maximum absolute atomic E-state index is 4.86. The zero-order valence-electron chi connectivity index (χ0n) is 32.6. The highest BCUT2D eigenvalue weighted by molar-refractivity contribution is 7.24. The average Bonchev–Trinajstić information content (AvgIpc) is 4.07. The van der Waals surface area contributed by atoms with E-state index in [9.17, 15) is 0 Å². The van der Waals surface area contributed by atoms with Crippen molar-refractivity contribution in [2.75, 3.05) is 0 Å². The van der Waals surface area contributed by atoms with E-state index < -0.39 is 0 Å². The van der Waals surface area contributed by atoms with E-state index in [1.165, 1.54) is 152 Å². The van der Waals surface area contributed by atoms with Crippen LogP contribution >= 0.6 is 68.8 Å². The van der Waals surface area contributed by atoms with Crippen molar-refractivity contribution in [3.8, 4) is 51.5 Å². The summed E-state index contributed by atoms with van der Waals surface area (Å²) in [6, 6.07) is 27.3. The first kappa shape index (κ1) is 39.7. The summed E-state index contributed by atoms with van der Waals surface area (Å²) in [7, 11) is 0. The van der Waals surface area contributed by atoms with Crippen molar-refractivity contribution >= 4 is 90.9 Å². The molecule has 6 heterocycles. The van der Waals surface area contributed by atoms with Gasteiger partial charge < -0.3 is 0 Å². The third kappa shape index (κ3) is 8.96. The molecule has 0 spiro atoms. The minimum absolute atomic E-state index is 0.862. The molecule has 6 aromatic heterocycles. The highest BCUT2D eigenvalue weighted by atomic mass is 32.1. The molecule has 0 saturated heterocycles. The van der Waals surface area contributed by atoms with E-state index in [4.69, 9.17) is 17.5 Å². The topological polar surface area (TPSA) is 51.6 Å². The first-order valence-corrected chi connectivity index (χ1v) is 25.3. The maximum Gasteiger partial charge on any atom is 0.114 e. The van der Waals surface area contributed by atoms with Crippen molar-refractivity contribution in [2.45, 2.75) is 111 Å². The van der Waals surface area contributed by atoms with Crippen LogP contribution in [-0.4, -0.2) is 17.5 Å². The molecule has 290 valence electrons. The van der Waals surface area contributed by atoms with Crippen molar-refractivity contribution < 1.29 is 0 Å². The lowest BCUT2D eigenvalue weighted by Crippen LogP contribution is -2.02. The number of aryl methyl sites for hydroxylation is 2. The molecule has 2 aromatic carbocycles. The molecular formula is C46H50N4S6. The monoisotopic (exact) mass is 850 g/mol. The van der Waals surface area contributed by atoms with Gasteiger partial charge in [-0.2, -0.15) is 17.5 Å². The molecule has 0 fully saturated rings. The van der Waals surface area contributed by atoms with Crippen LogP contribution in [-0.2, 0) is 12.8 Å². The normalized spacial score (nSPS) is 11.9. The van der Waals surface area contributed by atoms with Crippen LogP contribution in [0.2, 0.25) is 0 Å². The van der Waals surface area contributed by atoms with Gasteiger partial charge in [0.2, 0.25) is 0 Å². The number of rotatable bonds is 20. The molecule has 0 aliphatic rings. The molecule has 10 heteroatoms. The van der Waals surface area contributed by atoms with Gasteiger partial charge >= 0.3 is 0 Å². The Morgan fingerprint density at radius 3 is 1.30 bits per heavy atom. The maximum atomic E-state index is 4.86. The minimum Gasteiger partial charge on any atom is -0.172 e. The third-order valence-corrected chi connectivity index (χ3v) is 16.9. The van der Waals surface area contributed by atoms with E-state index in [2.05, 4.69) is 93.6 Å². The van der Waals surface area contributed by atoms with E-state index in [1.54, 1.807) is 0 Å². The van der Waals surface area contributed by atoms with Crippen LogP contribution in [0.15, 0.2) is 72.8 Å². The third-order valence-electron chi connectivity index (χ3n) is 10.9.